The van der Waals surface area contributed by atoms with Crippen LogP contribution >= 0.6 is 0 Å². The molecule has 11 amide bonds. The number of carbonyl (C=O) groups is 10. The van der Waals surface area contributed by atoms with Crippen LogP contribution in [0.1, 0.15) is 215 Å². The van der Waals surface area contributed by atoms with Crippen LogP contribution in [-0.4, -0.2) is 225 Å². The van der Waals surface area contributed by atoms with Crippen LogP contribution in [0.15, 0.2) is 96.3 Å². The largest absolute Gasteiger partial charge is 0.508 e. The lowest BCUT2D eigenvalue weighted by Gasteiger charge is -2.56. The van der Waals surface area contributed by atoms with Crippen molar-refractivity contribution in [2.45, 2.75) is 261 Å². The van der Waals surface area contributed by atoms with Crippen molar-refractivity contribution in [1.82, 2.24) is 42.5 Å². The summed E-state index contributed by atoms with van der Waals surface area (Å²) >= 11 is 0. The zero-order chi connectivity index (χ0) is 93.3. The van der Waals surface area contributed by atoms with Gasteiger partial charge in [0.1, 0.15) is 54.9 Å². The highest BCUT2D eigenvalue weighted by molar-refractivity contribution is 6.02. The highest BCUT2D eigenvalue weighted by atomic mass is 16.6. The zero-order valence-corrected chi connectivity index (χ0v) is 76.0. The number of hydrogen-bond donors (Lipinski definition) is 16. The minimum atomic E-state index is -1.61. The highest BCUT2D eigenvalue weighted by Crippen LogP contribution is 2.60. The van der Waals surface area contributed by atoms with Crippen LogP contribution in [-0.2, 0) is 102 Å². The Morgan fingerprint density at radius 2 is 1.16 bits per heavy atom. The first-order valence-corrected chi connectivity index (χ1v) is 46.4. The Bertz CT molecular complexity index is 4710. The number of fused-ring (bicyclic) bond motifs is 8. The van der Waals surface area contributed by atoms with Gasteiger partial charge in [-0.25, -0.2) is 4.79 Å². The van der Waals surface area contributed by atoms with Crippen molar-refractivity contribution in [3.63, 3.8) is 0 Å². The van der Waals surface area contributed by atoms with Crippen LogP contribution in [0.3, 0.4) is 0 Å². The molecule has 11 rings (SSSR count). The SMILES string of the molecule is CC(C)[C@H](NC(=O)[C@@H](CCCCNC(=O)COC1CCCCC/C(N[C@@H]2O[C@H](CO)[C@H](O)[C@H](O)[C@H]2O)=C\1N)NC(=O)CCOCCOCCOCCOCCNC(=O)CCC(=O)N1Cc2ccccc2C#Cc2ccccc21)C(=O)N[C@@H](CCCNC(N)=O)C(=O)Nc1ccc2c(c1)[C@@]1(C)CCC[C@](C)(C(=O)NC(=O)[C@@]3(C)CCC[C@]4(C)c5cc(O)ccc5CC[C@@H]34)C1CC2. The topological polar surface area (TPSA) is 491 Å². The Kier molecular flexibility index (Phi) is 36.5. The molecule has 0 radical (unpaired) electrons. The highest BCUT2D eigenvalue weighted by Gasteiger charge is 2.59. The van der Waals surface area contributed by atoms with E-state index < -0.39 is 119 Å². The average Bonchev–Trinajstić information content (AvgIpc) is 0.718. The molecule has 0 spiro atoms. The van der Waals surface area contributed by atoms with E-state index in [2.05, 4.69) is 73.5 Å². The van der Waals surface area contributed by atoms with Gasteiger partial charge in [0.05, 0.1) is 94.3 Å². The number of ether oxygens (including phenoxy) is 6. The molecule has 2 unspecified atom stereocenters. The third kappa shape index (κ3) is 25.8. The molecule has 130 heavy (non-hydrogen) atoms. The molecule has 4 aromatic carbocycles. The van der Waals surface area contributed by atoms with Crippen molar-refractivity contribution < 1.29 is 102 Å². The summed E-state index contributed by atoms with van der Waals surface area (Å²) in [6.07, 6.45) is 3.24. The average molecular weight is 1810 g/mol. The summed E-state index contributed by atoms with van der Waals surface area (Å²) in [5.41, 5.74) is 18.1. The Morgan fingerprint density at radius 3 is 1.83 bits per heavy atom. The molecule has 33 heteroatoms. The number of nitrogens with one attached hydrogen (secondary N) is 9. The lowest BCUT2D eigenvalue weighted by molar-refractivity contribution is -0.234. The summed E-state index contributed by atoms with van der Waals surface area (Å²) in [6.45, 7) is 13.1. The van der Waals surface area contributed by atoms with Crippen LogP contribution < -0.4 is 64.2 Å². The monoisotopic (exact) mass is 1800 g/mol. The van der Waals surface area contributed by atoms with Gasteiger partial charge < -0.3 is 113 Å². The van der Waals surface area contributed by atoms with Crippen LogP contribution in [0.25, 0.3) is 0 Å². The van der Waals surface area contributed by atoms with E-state index in [0.29, 0.717) is 75.0 Å². The molecule has 2 aliphatic heterocycles. The van der Waals surface area contributed by atoms with E-state index in [1.165, 1.54) is 5.56 Å². The number of carbonyl (C=O) groups excluding carboxylic acids is 10. The van der Waals surface area contributed by atoms with E-state index in [-0.39, 0.29) is 176 Å². The molecule has 18 N–H and O–H groups in total. The fraction of sp³-hybridized carbons (Fsp3) is 0.608. The number of urea groups is 1. The van der Waals surface area contributed by atoms with E-state index in [0.717, 1.165) is 84.7 Å². The van der Waals surface area contributed by atoms with Gasteiger partial charge >= 0.3 is 6.03 Å². The summed E-state index contributed by atoms with van der Waals surface area (Å²) in [5.74, 6) is 1.75. The Labute approximate surface area is 761 Å². The number of aliphatic hydroxyl groups is 4. The predicted octanol–water partition coefficient (Wildman–Crippen LogP) is 5.75. The second-order valence-electron chi connectivity index (χ2n) is 36.9. The molecule has 2 heterocycles. The Balaban J connectivity index is 0.660. The number of aliphatic hydroxyl groups excluding tert-OH is 4. The number of imide groups is 1. The third-order valence-electron chi connectivity index (χ3n) is 27.6. The van der Waals surface area contributed by atoms with Gasteiger partial charge in [-0.15, -0.1) is 0 Å². The van der Waals surface area contributed by atoms with Gasteiger partial charge in [-0.05, 0) is 202 Å². The number of unbranched alkanes of at least 4 members (excludes halogenated alkanes) is 1. The summed E-state index contributed by atoms with van der Waals surface area (Å²) in [7, 11) is 0. The maximum atomic E-state index is 15.1. The Morgan fingerprint density at radius 1 is 0.562 bits per heavy atom. The number of hydrogen-bond acceptors (Lipinski definition) is 23. The first kappa shape index (κ1) is 100. The molecule has 710 valence electrons. The number of amides is 11. The van der Waals surface area contributed by atoms with Crippen molar-refractivity contribution in [2.75, 3.05) is 95.9 Å². The smallest absolute Gasteiger partial charge is 0.312 e. The molecule has 15 atom stereocenters. The molecule has 4 aromatic rings. The van der Waals surface area contributed by atoms with Gasteiger partial charge in [0.2, 0.25) is 53.2 Å². The first-order valence-electron chi connectivity index (χ1n) is 46.4. The fourth-order valence-corrected chi connectivity index (χ4v) is 20.3. The van der Waals surface area contributed by atoms with Crippen molar-refractivity contribution in [1.29, 1.82) is 0 Å². The number of anilines is 2. The lowest BCUT2D eigenvalue weighted by Crippen LogP contribution is -2.62. The van der Waals surface area contributed by atoms with Gasteiger partial charge in [-0.1, -0.05) is 122 Å². The number of rotatable bonds is 43. The standard InChI is InChI=1S/C97H136N12O21/c1-60(2)83(89(121)105-72(24-16-45-102-93(99)124)87(119)103-66-33-29-62-31-35-76-94(3,68(62)55-66)40-17-42-96(76,5)91(122)108-92(123)97(6)43-18-41-95(4)69-56-67(111)34-30-63(69)32-36-77(95)97)107-88(120)71(23-14-15-44-100-80(114)59-129-74-26-9-7-8-22-70(82(74)98)106-90-86(118)85(117)84(116)75(58-110)130-90)104-79(113)39-47-125-49-51-127-53-54-128-52-50-126-48-46-101-78(112)37-38-81(115)109-57-65-21-11-10-19-61(65)27-28-64-20-12-13-25-73(64)109/h10-13,19-21,25,29-30,33-34,55-56,60,71-72,74-77,83-86,90,106,110-111,116-118H,7-9,14-18,22-24,26,31-32,35-54,57-59,98H2,1-6H3,(H,100,114)(H,101,112)(H,103,119)(H,104,113)(H,105,121)(H,107,120)(H3,99,102,124)(H,108,122,123)/b82-70-/t71-,72+,74?,75-,76?,77-,83+,84+,85+,86-,90-,94-,95-,96+,97+/m1/s1. The second-order valence-corrected chi connectivity index (χ2v) is 36.9. The minimum absolute atomic E-state index is 0.00359. The maximum absolute atomic E-state index is 15.1. The van der Waals surface area contributed by atoms with Crippen molar-refractivity contribution in [3.05, 3.63) is 135 Å². The van der Waals surface area contributed by atoms with Crippen molar-refractivity contribution in [2.24, 2.45) is 40.1 Å². The van der Waals surface area contributed by atoms with E-state index >= 15 is 4.79 Å². The van der Waals surface area contributed by atoms with Crippen LogP contribution in [0.4, 0.5) is 16.2 Å². The summed E-state index contributed by atoms with van der Waals surface area (Å²) < 4.78 is 34.5. The first-order chi connectivity index (χ1) is 62.3. The number of aromatic hydroxyl groups is 1. The minimum Gasteiger partial charge on any atom is -0.508 e. The number of benzene rings is 4. The number of phenolic OH excluding ortho intramolecular Hbond substituents is 1. The van der Waals surface area contributed by atoms with E-state index in [9.17, 15) is 68.7 Å². The van der Waals surface area contributed by atoms with Gasteiger partial charge in [-0.2, -0.15) is 0 Å². The van der Waals surface area contributed by atoms with E-state index in [1.807, 2.05) is 86.6 Å². The second kappa shape index (κ2) is 47.3. The fourth-order valence-electron chi connectivity index (χ4n) is 20.3. The van der Waals surface area contributed by atoms with Gasteiger partial charge in [0.25, 0.3) is 0 Å². The van der Waals surface area contributed by atoms with Gasteiger partial charge in [-0.3, -0.25) is 48.5 Å². The third-order valence-corrected chi connectivity index (χ3v) is 27.6. The quantitative estimate of drug-likeness (QED) is 0.0142. The summed E-state index contributed by atoms with van der Waals surface area (Å²) in [4.78, 5) is 141. The molecule has 3 fully saturated rings. The summed E-state index contributed by atoms with van der Waals surface area (Å²) in [5, 5.41) is 77.8. The van der Waals surface area contributed by atoms with Crippen LogP contribution in [0, 0.1) is 40.4 Å². The normalized spacial score (nSPS) is 25.7. The number of allylic oxidation sites excluding steroid dienone is 1. The molecule has 5 aliphatic carbocycles. The predicted molar refractivity (Wildman–Crippen MR) is 484 cm³/mol. The molecule has 1 saturated heterocycles. The molecule has 7 aliphatic rings. The molecular weight excluding hydrogens is 1670 g/mol. The Hall–Kier alpha value is -10.1. The molecular formula is C97H136N12O21. The number of nitrogens with two attached hydrogens (primary N) is 2. The lowest BCUT2D eigenvalue weighted by atomic mass is 9.49. The zero-order valence-electron chi connectivity index (χ0n) is 76.0. The number of aryl methyl sites for hydroxylation is 2. The number of primary amides is 1. The maximum Gasteiger partial charge on any atom is 0.312 e. The van der Waals surface area contributed by atoms with Crippen molar-refractivity contribution in [3.8, 4) is 17.6 Å². The molecule has 0 aromatic heterocycles. The van der Waals surface area contributed by atoms with Gasteiger partial charge in [0, 0.05) is 61.4 Å². The number of para-hydroxylation sites is 1. The van der Waals surface area contributed by atoms with Crippen LogP contribution in [0.2, 0.25) is 0 Å². The number of nitrogens with zero attached hydrogens (tertiary/aromatic N) is 1. The van der Waals surface area contributed by atoms with E-state index in [1.54, 1.807) is 30.9 Å². The van der Waals surface area contributed by atoms with Crippen LogP contribution in [0.5, 0.6) is 5.75 Å². The van der Waals surface area contributed by atoms with E-state index in [4.69, 9.17) is 39.9 Å². The summed E-state index contributed by atoms with van der Waals surface area (Å²) in [6, 6.07) is 22.0. The molecule has 33 nitrogen and oxygen atoms in total. The molecule has 2 saturated carbocycles. The van der Waals surface area contributed by atoms with Crippen molar-refractivity contribution >= 4 is 70.6 Å². The number of phenols is 1. The molecule has 0 bridgehead atoms. The van der Waals surface area contributed by atoms with Gasteiger partial charge in [0.15, 0.2) is 6.23 Å².